The van der Waals surface area contributed by atoms with E-state index in [1.807, 2.05) is 44.2 Å². The second-order valence-corrected chi connectivity index (χ2v) is 6.99. The number of hydrogen-bond acceptors (Lipinski definition) is 3. The molecule has 2 N–H and O–H groups in total. The zero-order valence-corrected chi connectivity index (χ0v) is 17.4. The highest BCUT2D eigenvalue weighted by Crippen LogP contribution is 2.13. The van der Waals surface area contributed by atoms with Crippen LogP contribution in [0.4, 0.5) is 4.39 Å². The number of halogens is 1. The predicted octanol–water partition coefficient (Wildman–Crippen LogP) is 2.98. The van der Waals surface area contributed by atoms with E-state index in [4.69, 9.17) is 4.74 Å². The zero-order valence-electron chi connectivity index (χ0n) is 17.4. The maximum atomic E-state index is 13.0. The summed E-state index contributed by atoms with van der Waals surface area (Å²) in [6.45, 7) is 4.43. The Bertz CT molecular complexity index is 794. The molecule has 0 aromatic heterocycles. The van der Waals surface area contributed by atoms with Crippen LogP contribution in [0.1, 0.15) is 25.5 Å². The van der Waals surface area contributed by atoms with Crippen molar-refractivity contribution in [3.63, 3.8) is 0 Å². The number of rotatable bonds is 8. The van der Waals surface area contributed by atoms with Crippen molar-refractivity contribution in [2.24, 2.45) is 4.99 Å². The molecule has 2 atom stereocenters. The van der Waals surface area contributed by atoms with E-state index in [1.165, 1.54) is 17.0 Å². The first-order chi connectivity index (χ1) is 13.8. The van der Waals surface area contributed by atoms with Crippen molar-refractivity contribution in [3.8, 4) is 5.75 Å². The van der Waals surface area contributed by atoms with Gasteiger partial charge in [-0.1, -0.05) is 30.3 Å². The number of benzene rings is 2. The molecular weight excluding hydrogens is 371 g/mol. The van der Waals surface area contributed by atoms with Gasteiger partial charge in [-0.25, -0.2) is 9.38 Å². The van der Waals surface area contributed by atoms with Gasteiger partial charge in [-0.05, 0) is 43.7 Å². The third kappa shape index (κ3) is 7.81. The zero-order chi connectivity index (χ0) is 21.2. The van der Waals surface area contributed by atoms with E-state index in [0.717, 1.165) is 5.56 Å². The van der Waals surface area contributed by atoms with Gasteiger partial charge < -0.3 is 20.3 Å². The first kappa shape index (κ1) is 22.2. The number of nitrogens with zero attached hydrogens (tertiary/aromatic N) is 2. The van der Waals surface area contributed by atoms with Crippen LogP contribution in [0.2, 0.25) is 0 Å². The van der Waals surface area contributed by atoms with E-state index in [-0.39, 0.29) is 30.4 Å². The van der Waals surface area contributed by atoms with Gasteiger partial charge in [-0.15, -0.1) is 0 Å². The van der Waals surface area contributed by atoms with Crippen LogP contribution in [0.15, 0.2) is 59.6 Å². The lowest BCUT2D eigenvalue weighted by molar-refractivity contribution is -0.127. The molecule has 0 saturated heterocycles. The molecule has 0 aliphatic carbocycles. The van der Waals surface area contributed by atoms with Gasteiger partial charge in [0.1, 0.15) is 24.2 Å². The molecule has 0 radical (unpaired) electrons. The molecule has 0 aliphatic heterocycles. The minimum absolute atomic E-state index is 0.00484. The van der Waals surface area contributed by atoms with E-state index in [0.29, 0.717) is 18.3 Å². The standard InChI is InChI=1S/C22H29FN4O2/c1-16(29-20-12-10-19(23)11-13-20)14-24-22(25-15-21(28)27(3)4)26-17(2)18-8-6-5-7-9-18/h5-13,16-17H,14-15H2,1-4H3,(H2,24,25,26). The second-order valence-electron chi connectivity index (χ2n) is 6.99. The highest BCUT2D eigenvalue weighted by Gasteiger charge is 2.11. The van der Waals surface area contributed by atoms with Crippen molar-refractivity contribution in [2.75, 3.05) is 27.2 Å². The molecule has 29 heavy (non-hydrogen) atoms. The van der Waals surface area contributed by atoms with Gasteiger partial charge in [0.2, 0.25) is 5.91 Å². The van der Waals surface area contributed by atoms with Gasteiger partial charge >= 0.3 is 0 Å². The van der Waals surface area contributed by atoms with E-state index in [9.17, 15) is 9.18 Å². The summed E-state index contributed by atoms with van der Waals surface area (Å²) < 4.78 is 18.8. The Morgan fingerprint density at radius 1 is 1.10 bits per heavy atom. The van der Waals surface area contributed by atoms with Crippen LogP contribution in [0, 0.1) is 5.82 Å². The van der Waals surface area contributed by atoms with Crippen molar-refractivity contribution in [2.45, 2.75) is 26.0 Å². The fraction of sp³-hybridized carbons (Fsp3) is 0.364. The summed E-state index contributed by atoms with van der Waals surface area (Å²) in [4.78, 5) is 17.8. The summed E-state index contributed by atoms with van der Waals surface area (Å²) in [5.74, 6) is 0.718. The molecule has 6 nitrogen and oxygen atoms in total. The number of guanidine groups is 1. The van der Waals surface area contributed by atoms with E-state index in [1.54, 1.807) is 26.2 Å². The molecular formula is C22H29FN4O2. The first-order valence-electron chi connectivity index (χ1n) is 9.57. The Balaban J connectivity index is 1.99. The van der Waals surface area contributed by atoms with Gasteiger partial charge in [-0.3, -0.25) is 4.79 Å². The summed E-state index contributed by atoms with van der Waals surface area (Å²) in [5, 5.41) is 6.53. The molecule has 0 heterocycles. The molecule has 0 fully saturated rings. The first-order valence-corrected chi connectivity index (χ1v) is 9.57. The number of likely N-dealkylation sites (N-methyl/N-ethyl adjacent to an activating group) is 1. The maximum Gasteiger partial charge on any atom is 0.243 e. The predicted molar refractivity (Wildman–Crippen MR) is 113 cm³/mol. The molecule has 156 valence electrons. The summed E-state index contributed by atoms with van der Waals surface area (Å²) in [5.41, 5.74) is 1.11. The summed E-state index contributed by atoms with van der Waals surface area (Å²) in [6.07, 6.45) is -0.191. The van der Waals surface area contributed by atoms with Gasteiger partial charge in [0.05, 0.1) is 12.6 Å². The van der Waals surface area contributed by atoms with Crippen LogP contribution in [0.5, 0.6) is 5.75 Å². The number of carbonyl (C=O) groups is 1. The van der Waals surface area contributed by atoms with Crippen LogP contribution in [0.25, 0.3) is 0 Å². The van der Waals surface area contributed by atoms with Crippen LogP contribution in [-0.4, -0.2) is 50.1 Å². The lowest BCUT2D eigenvalue weighted by Crippen LogP contribution is -2.43. The number of amides is 1. The molecule has 2 aromatic rings. The maximum absolute atomic E-state index is 13.0. The highest BCUT2D eigenvalue weighted by atomic mass is 19.1. The largest absolute Gasteiger partial charge is 0.489 e. The fourth-order valence-electron chi connectivity index (χ4n) is 2.50. The number of ether oxygens (including phenoxy) is 1. The summed E-state index contributed by atoms with van der Waals surface area (Å²) >= 11 is 0. The smallest absolute Gasteiger partial charge is 0.243 e. The Kier molecular flexibility index (Phi) is 8.45. The number of aliphatic imine (C=N–C) groups is 1. The Labute approximate surface area is 171 Å². The average Bonchev–Trinajstić information content (AvgIpc) is 2.71. The van der Waals surface area contributed by atoms with E-state index in [2.05, 4.69) is 15.6 Å². The molecule has 2 aromatic carbocycles. The van der Waals surface area contributed by atoms with Crippen molar-refractivity contribution in [3.05, 3.63) is 66.0 Å². The Morgan fingerprint density at radius 3 is 2.38 bits per heavy atom. The van der Waals surface area contributed by atoms with Crippen molar-refractivity contribution in [1.29, 1.82) is 0 Å². The topological polar surface area (TPSA) is 66.0 Å². The Morgan fingerprint density at radius 2 is 1.76 bits per heavy atom. The molecule has 0 bridgehead atoms. The second kappa shape index (κ2) is 11.0. The Hall–Kier alpha value is -3.09. The molecule has 0 aliphatic rings. The lowest BCUT2D eigenvalue weighted by atomic mass is 10.1. The average molecular weight is 400 g/mol. The summed E-state index contributed by atoms with van der Waals surface area (Å²) in [7, 11) is 3.40. The molecule has 0 saturated carbocycles. The van der Waals surface area contributed by atoms with Crippen molar-refractivity contribution in [1.82, 2.24) is 15.5 Å². The van der Waals surface area contributed by atoms with E-state index < -0.39 is 0 Å². The highest BCUT2D eigenvalue weighted by molar-refractivity contribution is 5.85. The van der Waals surface area contributed by atoms with Gasteiger partial charge in [0.25, 0.3) is 0 Å². The summed E-state index contributed by atoms with van der Waals surface area (Å²) in [6, 6.07) is 15.9. The van der Waals surface area contributed by atoms with Crippen LogP contribution in [-0.2, 0) is 4.79 Å². The van der Waals surface area contributed by atoms with Crippen molar-refractivity contribution < 1.29 is 13.9 Å². The van der Waals surface area contributed by atoms with Crippen LogP contribution >= 0.6 is 0 Å². The minimum atomic E-state index is -0.304. The molecule has 1 amide bonds. The molecule has 2 unspecified atom stereocenters. The SMILES string of the molecule is CC(CNC(=NCC(=O)N(C)C)NC(C)c1ccccc1)Oc1ccc(F)cc1. The van der Waals surface area contributed by atoms with Crippen LogP contribution in [0.3, 0.4) is 0 Å². The third-order valence-electron chi connectivity index (χ3n) is 4.23. The van der Waals surface area contributed by atoms with E-state index >= 15 is 0 Å². The third-order valence-corrected chi connectivity index (χ3v) is 4.23. The van der Waals surface area contributed by atoms with Gasteiger partial charge in [-0.2, -0.15) is 0 Å². The quantitative estimate of drug-likeness (QED) is 0.528. The number of nitrogens with one attached hydrogen (secondary N) is 2. The van der Waals surface area contributed by atoms with Crippen LogP contribution < -0.4 is 15.4 Å². The number of hydrogen-bond donors (Lipinski definition) is 2. The van der Waals surface area contributed by atoms with Crippen molar-refractivity contribution >= 4 is 11.9 Å². The normalized spacial score (nSPS) is 13.3. The molecule has 0 spiro atoms. The van der Waals surface area contributed by atoms with Gasteiger partial charge in [0.15, 0.2) is 5.96 Å². The fourth-order valence-corrected chi connectivity index (χ4v) is 2.50. The minimum Gasteiger partial charge on any atom is -0.489 e. The molecule has 7 heteroatoms. The lowest BCUT2D eigenvalue weighted by Gasteiger charge is -2.21. The number of carbonyl (C=O) groups excluding carboxylic acids is 1. The molecule has 2 rings (SSSR count). The van der Waals surface area contributed by atoms with Gasteiger partial charge in [0, 0.05) is 14.1 Å². The monoisotopic (exact) mass is 400 g/mol.